The lowest BCUT2D eigenvalue weighted by Gasteiger charge is -2.29. The van der Waals surface area contributed by atoms with Crippen LogP contribution >= 0.6 is 11.6 Å². The highest BCUT2D eigenvalue weighted by Crippen LogP contribution is 2.06. The van der Waals surface area contributed by atoms with Gasteiger partial charge in [-0.3, -0.25) is 0 Å². The van der Waals surface area contributed by atoms with Crippen molar-refractivity contribution in [1.82, 2.24) is 0 Å². The summed E-state index contributed by atoms with van der Waals surface area (Å²) in [6.07, 6.45) is 6.61. The van der Waals surface area contributed by atoms with Crippen molar-refractivity contribution in [2.75, 3.05) is 33.1 Å². The van der Waals surface area contributed by atoms with E-state index in [0.29, 0.717) is 0 Å². The Labute approximate surface area is 101 Å². The molecule has 14 heavy (non-hydrogen) atoms. The van der Waals surface area contributed by atoms with E-state index in [1.807, 2.05) is 0 Å². The summed E-state index contributed by atoms with van der Waals surface area (Å²) in [7, 11) is 4.61. The van der Waals surface area contributed by atoms with Crippen molar-refractivity contribution in [3.63, 3.8) is 0 Å². The fourth-order valence-corrected chi connectivity index (χ4v) is 1.69. The maximum absolute atomic E-state index is 5.68. The molecule has 0 aromatic rings. The SMILES string of the molecule is CCCCCC[N+](C)(C)CCCCl.[Cl-]. The zero-order valence-corrected chi connectivity index (χ0v) is 11.4. The Hall–Kier alpha value is 0.540. The van der Waals surface area contributed by atoms with Crippen molar-refractivity contribution in [3.8, 4) is 0 Å². The van der Waals surface area contributed by atoms with Gasteiger partial charge in [-0.05, 0) is 12.8 Å². The molecule has 0 aromatic carbocycles. The number of alkyl halides is 1. The molecule has 88 valence electrons. The smallest absolute Gasteiger partial charge is 0.0794 e. The summed E-state index contributed by atoms with van der Waals surface area (Å²) in [5.74, 6) is 0.802. The number of hydrogen-bond acceptors (Lipinski definition) is 0. The molecule has 0 bridgehead atoms. The van der Waals surface area contributed by atoms with Crippen molar-refractivity contribution < 1.29 is 16.9 Å². The number of rotatable bonds is 8. The Morgan fingerprint density at radius 1 is 0.929 bits per heavy atom. The van der Waals surface area contributed by atoms with Crippen molar-refractivity contribution in [2.24, 2.45) is 0 Å². The number of quaternary nitrogens is 1. The minimum atomic E-state index is 0. The van der Waals surface area contributed by atoms with Crippen LogP contribution in [0.2, 0.25) is 0 Å². The van der Waals surface area contributed by atoms with Crippen molar-refractivity contribution in [2.45, 2.75) is 39.0 Å². The van der Waals surface area contributed by atoms with Crippen LogP contribution in [0.25, 0.3) is 0 Å². The molecule has 0 saturated carbocycles. The average Bonchev–Trinajstić information content (AvgIpc) is 2.09. The van der Waals surface area contributed by atoms with Crippen LogP contribution in [0, 0.1) is 0 Å². The minimum Gasteiger partial charge on any atom is -1.00 e. The van der Waals surface area contributed by atoms with Gasteiger partial charge in [0.05, 0.1) is 27.2 Å². The molecule has 0 amide bonds. The van der Waals surface area contributed by atoms with Crippen molar-refractivity contribution in [1.29, 1.82) is 0 Å². The highest BCUT2D eigenvalue weighted by molar-refractivity contribution is 6.17. The summed E-state index contributed by atoms with van der Waals surface area (Å²) in [6, 6.07) is 0. The van der Waals surface area contributed by atoms with Gasteiger partial charge in [-0.1, -0.05) is 19.8 Å². The molecule has 0 unspecified atom stereocenters. The van der Waals surface area contributed by atoms with Gasteiger partial charge in [0.1, 0.15) is 0 Å². The third-order valence-corrected chi connectivity index (χ3v) is 2.78. The Balaban J connectivity index is 0. The number of nitrogens with zero attached hydrogens (tertiary/aromatic N) is 1. The molecular formula is C11H25Cl2N. The van der Waals surface area contributed by atoms with E-state index >= 15 is 0 Å². The van der Waals surface area contributed by atoms with Gasteiger partial charge in [0, 0.05) is 12.3 Å². The molecule has 1 nitrogen and oxygen atoms in total. The molecule has 0 heterocycles. The third-order valence-electron chi connectivity index (χ3n) is 2.51. The van der Waals surface area contributed by atoms with Crippen LogP contribution in [-0.2, 0) is 0 Å². The molecule has 0 aliphatic heterocycles. The molecule has 0 spiro atoms. The predicted octanol–water partition coefficient (Wildman–Crippen LogP) is 0.276. The highest BCUT2D eigenvalue weighted by Gasteiger charge is 2.12. The summed E-state index contributed by atoms with van der Waals surface area (Å²) >= 11 is 5.68. The first-order chi connectivity index (χ1) is 6.12. The van der Waals surface area contributed by atoms with Gasteiger partial charge in [-0.25, -0.2) is 0 Å². The van der Waals surface area contributed by atoms with Gasteiger partial charge in [-0.2, -0.15) is 0 Å². The van der Waals surface area contributed by atoms with E-state index in [9.17, 15) is 0 Å². The number of unbranched alkanes of at least 4 members (excludes halogenated alkanes) is 3. The first kappa shape index (κ1) is 17.0. The lowest BCUT2D eigenvalue weighted by Crippen LogP contribution is -3.00. The first-order valence-corrected chi connectivity index (χ1v) is 6.04. The fourth-order valence-electron chi connectivity index (χ4n) is 1.57. The van der Waals surface area contributed by atoms with Crippen LogP contribution in [0.15, 0.2) is 0 Å². The Morgan fingerprint density at radius 3 is 2.00 bits per heavy atom. The Morgan fingerprint density at radius 2 is 1.50 bits per heavy atom. The van der Waals surface area contributed by atoms with E-state index < -0.39 is 0 Å². The van der Waals surface area contributed by atoms with Crippen molar-refractivity contribution in [3.05, 3.63) is 0 Å². The molecule has 0 rings (SSSR count). The second-order valence-electron chi connectivity index (χ2n) is 4.49. The first-order valence-electron chi connectivity index (χ1n) is 5.50. The highest BCUT2D eigenvalue weighted by atomic mass is 35.5. The van der Waals surface area contributed by atoms with Gasteiger partial charge < -0.3 is 16.9 Å². The van der Waals surface area contributed by atoms with E-state index in [4.69, 9.17) is 11.6 Å². The quantitative estimate of drug-likeness (QED) is 0.326. The normalized spacial score (nSPS) is 11.1. The molecule has 0 radical (unpaired) electrons. The second kappa shape index (κ2) is 10.1. The van der Waals surface area contributed by atoms with Crippen LogP contribution in [-0.4, -0.2) is 37.5 Å². The van der Waals surface area contributed by atoms with Crippen LogP contribution in [0.1, 0.15) is 39.0 Å². The molecular weight excluding hydrogens is 217 g/mol. The number of hydrogen-bond donors (Lipinski definition) is 0. The maximum Gasteiger partial charge on any atom is 0.0794 e. The van der Waals surface area contributed by atoms with E-state index in [0.717, 1.165) is 16.8 Å². The standard InChI is InChI=1S/C11H25ClN.ClH/c1-4-5-6-7-10-13(2,3)11-8-9-12;/h4-11H2,1-3H3;1H/q+1;/p-1. The van der Waals surface area contributed by atoms with Crippen LogP contribution in [0.3, 0.4) is 0 Å². The van der Waals surface area contributed by atoms with Crippen LogP contribution in [0.4, 0.5) is 0 Å². The van der Waals surface area contributed by atoms with Gasteiger partial charge in [0.15, 0.2) is 0 Å². The summed E-state index contributed by atoms with van der Waals surface area (Å²) in [5, 5.41) is 0. The van der Waals surface area contributed by atoms with Crippen LogP contribution in [0.5, 0.6) is 0 Å². The molecule has 0 aliphatic rings. The average molecular weight is 242 g/mol. The zero-order chi connectivity index (χ0) is 10.2. The van der Waals surface area contributed by atoms with E-state index in [1.54, 1.807) is 0 Å². The fraction of sp³-hybridized carbons (Fsp3) is 1.00. The molecule has 0 atom stereocenters. The zero-order valence-electron chi connectivity index (χ0n) is 9.86. The number of halogens is 2. The summed E-state index contributed by atoms with van der Waals surface area (Å²) < 4.78 is 1.14. The van der Waals surface area contributed by atoms with Gasteiger partial charge in [-0.15, -0.1) is 11.6 Å². The minimum absolute atomic E-state index is 0. The molecule has 0 N–H and O–H groups in total. The molecule has 0 saturated heterocycles. The van der Waals surface area contributed by atoms with Crippen molar-refractivity contribution >= 4 is 11.6 Å². The van der Waals surface area contributed by atoms with Crippen LogP contribution < -0.4 is 12.4 Å². The largest absolute Gasteiger partial charge is 1.00 e. The van der Waals surface area contributed by atoms with Gasteiger partial charge in [0.25, 0.3) is 0 Å². The van der Waals surface area contributed by atoms with E-state index in [2.05, 4.69) is 21.0 Å². The third kappa shape index (κ3) is 10.6. The molecule has 0 aromatic heterocycles. The molecule has 0 aliphatic carbocycles. The lowest BCUT2D eigenvalue weighted by molar-refractivity contribution is -0.890. The van der Waals surface area contributed by atoms with E-state index in [1.165, 1.54) is 38.8 Å². The summed E-state index contributed by atoms with van der Waals surface area (Å²) in [6.45, 7) is 4.78. The topological polar surface area (TPSA) is 0 Å². The summed E-state index contributed by atoms with van der Waals surface area (Å²) in [4.78, 5) is 0. The maximum atomic E-state index is 5.68. The second-order valence-corrected chi connectivity index (χ2v) is 4.86. The van der Waals surface area contributed by atoms with Gasteiger partial charge >= 0.3 is 0 Å². The summed E-state index contributed by atoms with van der Waals surface area (Å²) in [5.41, 5.74) is 0. The van der Waals surface area contributed by atoms with Gasteiger partial charge in [0.2, 0.25) is 0 Å². The monoisotopic (exact) mass is 241 g/mol. The molecule has 3 heteroatoms. The molecule has 0 fully saturated rings. The Kier molecular flexibility index (Phi) is 12.2. The lowest BCUT2D eigenvalue weighted by atomic mass is 10.2. The van der Waals surface area contributed by atoms with E-state index in [-0.39, 0.29) is 12.4 Å². The predicted molar refractivity (Wildman–Crippen MR) is 61.3 cm³/mol. The Bertz CT molecular complexity index is 116.